The van der Waals surface area contributed by atoms with Gasteiger partial charge in [-0.3, -0.25) is 9.67 Å². The van der Waals surface area contributed by atoms with Crippen molar-refractivity contribution >= 4 is 41.0 Å². The van der Waals surface area contributed by atoms with Crippen molar-refractivity contribution in [1.82, 2.24) is 29.5 Å². The van der Waals surface area contributed by atoms with Gasteiger partial charge in [0.1, 0.15) is 5.82 Å². The highest BCUT2D eigenvalue weighted by atomic mass is 127. The number of aliphatic imine (C=N–C) groups is 1. The summed E-state index contributed by atoms with van der Waals surface area (Å²) in [5.74, 6) is 2.21. The minimum atomic E-state index is 0. The van der Waals surface area contributed by atoms with Crippen LogP contribution in [0.15, 0.2) is 35.5 Å². The van der Waals surface area contributed by atoms with Crippen molar-refractivity contribution in [3.05, 3.63) is 47.5 Å². The first-order valence-electron chi connectivity index (χ1n) is 9.25. The average Bonchev–Trinajstić information content (AvgIpc) is 3.16. The lowest BCUT2D eigenvalue weighted by Gasteiger charge is -2.22. The molecule has 8 heteroatoms. The Labute approximate surface area is 183 Å². The van der Waals surface area contributed by atoms with Crippen LogP contribution in [0.1, 0.15) is 36.8 Å². The van der Waals surface area contributed by atoms with Gasteiger partial charge in [-0.25, -0.2) is 4.98 Å². The minimum absolute atomic E-state index is 0. The SMILES string of the molecule is CN=C(NCc1nc2ccccc2n1C)N(C)Cc1cn(C)nc1C(C)C.I. The van der Waals surface area contributed by atoms with Crippen LogP contribution in [0.25, 0.3) is 11.0 Å². The molecule has 0 aliphatic heterocycles. The third-order valence-electron chi connectivity index (χ3n) is 4.75. The third kappa shape index (κ3) is 4.65. The molecule has 0 saturated carbocycles. The van der Waals surface area contributed by atoms with E-state index in [1.54, 1.807) is 7.05 Å². The smallest absolute Gasteiger partial charge is 0.194 e. The number of aryl methyl sites for hydroxylation is 2. The number of halogens is 1. The Morgan fingerprint density at radius 3 is 2.61 bits per heavy atom. The number of para-hydroxylation sites is 2. The highest BCUT2D eigenvalue weighted by molar-refractivity contribution is 14.0. The summed E-state index contributed by atoms with van der Waals surface area (Å²) in [7, 11) is 7.86. The van der Waals surface area contributed by atoms with Crippen LogP contribution in [-0.4, -0.2) is 44.3 Å². The van der Waals surface area contributed by atoms with Crippen molar-refractivity contribution in [3.8, 4) is 0 Å². The second kappa shape index (κ2) is 9.40. The summed E-state index contributed by atoms with van der Waals surface area (Å²) in [5.41, 5.74) is 4.50. The fourth-order valence-corrected chi connectivity index (χ4v) is 3.39. The lowest BCUT2D eigenvalue weighted by atomic mass is 10.1. The number of benzene rings is 1. The van der Waals surface area contributed by atoms with Crippen LogP contribution in [0.2, 0.25) is 0 Å². The quantitative estimate of drug-likeness (QED) is 0.336. The van der Waals surface area contributed by atoms with E-state index in [-0.39, 0.29) is 24.0 Å². The first-order valence-corrected chi connectivity index (χ1v) is 9.25. The van der Waals surface area contributed by atoms with E-state index >= 15 is 0 Å². The molecule has 0 amide bonds. The molecular formula is C20H30IN7. The van der Waals surface area contributed by atoms with Gasteiger partial charge in [0.2, 0.25) is 0 Å². The van der Waals surface area contributed by atoms with Crippen molar-refractivity contribution in [2.45, 2.75) is 32.9 Å². The van der Waals surface area contributed by atoms with Crippen molar-refractivity contribution < 1.29 is 0 Å². The Balaban J connectivity index is 0.00000280. The minimum Gasteiger partial charge on any atom is -0.349 e. The number of guanidine groups is 1. The van der Waals surface area contributed by atoms with Gasteiger partial charge >= 0.3 is 0 Å². The Morgan fingerprint density at radius 2 is 1.96 bits per heavy atom. The summed E-state index contributed by atoms with van der Waals surface area (Å²) in [4.78, 5) is 11.3. The first-order chi connectivity index (χ1) is 12.9. The molecular weight excluding hydrogens is 465 g/mol. The number of imidazole rings is 1. The Bertz CT molecular complexity index is 955. The van der Waals surface area contributed by atoms with Crippen LogP contribution in [0, 0.1) is 0 Å². The number of hydrogen-bond donors (Lipinski definition) is 1. The molecule has 0 unspecified atom stereocenters. The standard InChI is InChI=1S/C20H29N7.HI/c1-14(2)19-15(13-26(5)24-19)12-25(4)20(21-3)22-11-18-23-16-9-7-8-10-17(16)27(18)6;/h7-10,13-14H,11-12H2,1-6H3,(H,21,22);1H. The van der Waals surface area contributed by atoms with E-state index in [2.05, 4.69) is 51.0 Å². The topological polar surface area (TPSA) is 63.3 Å². The summed E-state index contributed by atoms with van der Waals surface area (Å²) >= 11 is 0. The number of aromatic nitrogens is 4. The molecule has 1 N–H and O–H groups in total. The van der Waals surface area contributed by atoms with Crippen LogP contribution in [0.5, 0.6) is 0 Å². The highest BCUT2D eigenvalue weighted by Crippen LogP contribution is 2.19. The average molecular weight is 495 g/mol. The van der Waals surface area contributed by atoms with E-state index in [0.29, 0.717) is 12.5 Å². The lowest BCUT2D eigenvalue weighted by Crippen LogP contribution is -2.38. The number of nitrogens with one attached hydrogen (secondary N) is 1. The fourth-order valence-electron chi connectivity index (χ4n) is 3.39. The molecule has 0 spiro atoms. The molecule has 2 aromatic heterocycles. The molecule has 28 heavy (non-hydrogen) atoms. The predicted octanol–water partition coefficient (Wildman–Crippen LogP) is 3.26. The van der Waals surface area contributed by atoms with E-state index in [0.717, 1.165) is 35.1 Å². The molecule has 0 saturated heterocycles. The molecule has 3 aromatic rings. The summed E-state index contributed by atoms with van der Waals surface area (Å²) in [6.45, 7) is 5.71. The molecule has 0 aliphatic carbocycles. The maximum atomic E-state index is 4.72. The maximum Gasteiger partial charge on any atom is 0.194 e. The zero-order valence-electron chi connectivity index (χ0n) is 17.5. The molecule has 0 aliphatic rings. The molecule has 2 heterocycles. The van der Waals surface area contributed by atoms with E-state index in [1.165, 1.54) is 5.56 Å². The monoisotopic (exact) mass is 495 g/mol. The fraction of sp³-hybridized carbons (Fsp3) is 0.450. The molecule has 3 rings (SSSR count). The molecule has 152 valence electrons. The number of rotatable bonds is 5. The number of fused-ring (bicyclic) bond motifs is 1. The second-order valence-electron chi connectivity index (χ2n) is 7.20. The third-order valence-corrected chi connectivity index (χ3v) is 4.75. The number of hydrogen-bond acceptors (Lipinski definition) is 3. The van der Waals surface area contributed by atoms with Gasteiger partial charge in [-0.1, -0.05) is 26.0 Å². The number of nitrogens with zero attached hydrogens (tertiary/aromatic N) is 6. The maximum absolute atomic E-state index is 4.72. The van der Waals surface area contributed by atoms with Crippen molar-refractivity contribution in [3.63, 3.8) is 0 Å². The van der Waals surface area contributed by atoms with Gasteiger partial charge in [0, 0.05) is 46.5 Å². The van der Waals surface area contributed by atoms with Crippen LogP contribution in [0.4, 0.5) is 0 Å². The van der Waals surface area contributed by atoms with Gasteiger partial charge in [-0.15, -0.1) is 24.0 Å². The summed E-state index contributed by atoms with van der Waals surface area (Å²) in [6, 6.07) is 8.17. The van der Waals surface area contributed by atoms with Crippen LogP contribution in [0.3, 0.4) is 0 Å². The molecule has 7 nitrogen and oxygen atoms in total. The molecule has 0 bridgehead atoms. The molecule has 0 fully saturated rings. The second-order valence-corrected chi connectivity index (χ2v) is 7.20. The molecule has 1 aromatic carbocycles. The Hall–Kier alpha value is -2.10. The molecule has 0 atom stereocenters. The highest BCUT2D eigenvalue weighted by Gasteiger charge is 2.15. The van der Waals surface area contributed by atoms with Gasteiger partial charge in [0.25, 0.3) is 0 Å². The Morgan fingerprint density at radius 1 is 1.25 bits per heavy atom. The van der Waals surface area contributed by atoms with Gasteiger partial charge in [0.05, 0.1) is 23.3 Å². The van der Waals surface area contributed by atoms with E-state index < -0.39 is 0 Å². The summed E-state index contributed by atoms with van der Waals surface area (Å²) < 4.78 is 4.00. The van der Waals surface area contributed by atoms with Crippen LogP contribution >= 0.6 is 24.0 Å². The largest absolute Gasteiger partial charge is 0.349 e. The van der Waals surface area contributed by atoms with Crippen molar-refractivity contribution in [1.29, 1.82) is 0 Å². The lowest BCUT2D eigenvalue weighted by molar-refractivity contribution is 0.471. The van der Waals surface area contributed by atoms with Crippen LogP contribution in [-0.2, 0) is 27.2 Å². The Kier molecular flexibility index (Phi) is 7.45. The normalized spacial score (nSPS) is 11.8. The van der Waals surface area contributed by atoms with E-state index in [9.17, 15) is 0 Å². The van der Waals surface area contributed by atoms with Gasteiger partial charge in [-0.2, -0.15) is 5.10 Å². The van der Waals surface area contributed by atoms with E-state index in [1.807, 2.05) is 44.0 Å². The first kappa shape index (κ1) is 22.2. The van der Waals surface area contributed by atoms with Gasteiger partial charge in [-0.05, 0) is 18.1 Å². The molecule has 0 radical (unpaired) electrons. The zero-order valence-corrected chi connectivity index (χ0v) is 19.8. The van der Waals surface area contributed by atoms with Gasteiger partial charge < -0.3 is 14.8 Å². The summed E-state index contributed by atoms with van der Waals surface area (Å²) in [5, 5.41) is 8.02. The van der Waals surface area contributed by atoms with Crippen molar-refractivity contribution in [2.24, 2.45) is 19.1 Å². The van der Waals surface area contributed by atoms with Gasteiger partial charge in [0.15, 0.2) is 5.96 Å². The zero-order chi connectivity index (χ0) is 19.6. The van der Waals surface area contributed by atoms with Crippen LogP contribution < -0.4 is 5.32 Å². The van der Waals surface area contributed by atoms with Crippen molar-refractivity contribution in [2.75, 3.05) is 14.1 Å². The van der Waals surface area contributed by atoms with E-state index in [4.69, 9.17) is 4.98 Å². The summed E-state index contributed by atoms with van der Waals surface area (Å²) in [6.07, 6.45) is 2.09. The predicted molar refractivity (Wildman–Crippen MR) is 125 cm³/mol.